The van der Waals surface area contributed by atoms with Gasteiger partial charge in [-0.15, -0.1) is 0 Å². The molecular weight excluding hydrogens is 556 g/mol. The van der Waals surface area contributed by atoms with E-state index in [0.717, 1.165) is 15.7 Å². The standard InChI is InChI=1S/C29H20BrClN2O4/c1-15(34)16-5-11-21(12-6-16)32-28(36)24-22-13-7-17-4-10-20(31)14-23(17)33(22)26(25(24)29(32)37)27(35)18-2-8-19(30)9-3-18/h2-14,22,24-26H,1H3. The SMILES string of the molecule is CC(=O)c1ccc(N2C(=O)C3C(C2=O)C(C(=O)c2ccc(Br)cc2)N2c4cc(Cl)ccc4C=CC32)cc1. The van der Waals surface area contributed by atoms with Gasteiger partial charge in [0.05, 0.1) is 23.6 Å². The van der Waals surface area contributed by atoms with Crippen molar-refractivity contribution in [2.45, 2.75) is 19.0 Å². The number of fused-ring (bicyclic) bond motifs is 5. The zero-order valence-corrected chi connectivity index (χ0v) is 21.9. The van der Waals surface area contributed by atoms with E-state index < -0.39 is 29.8 Å². The van der Waals surface area contributed by atoms with Crippen LogP contribution in [0.25, 0.3) is 6.08 Å². The molecule has 0 aromatic heterocycles. The van der Waals surface area contributed by atoms with Crippen molar-refractivity contribution < 1.29 is 19.2 Å². The maximum absolute atomic E-state index is 14.0. The van der Waals surface area contributed by atoms with E-state index in [1.165, 1.54) is 11.8 Å². The normalized spacial score (nSPS) is 23.6. The monoisotopic (exact) mass is 574 g/mol. The van der Waals surface area contributed by atoms with Gasteiger partial charge >= 0.3 is 0 Å². The first kappa shape index (κ1) is 23.8. The molecule has 2 fully saturated rings. The summed E-state index contributed by atoms with van der Waals surface area (Å²) in [5.74, 6) is -2.75. The fourth-order valence-electron chi connectivity index (χ4n) is 5.72. The number of anilines is 2. The van der Waals surface area contributed by atoms with Gasteiger partial charge < -0.3 is 4.90 Å². The molecule has 6 rings (SSSR count). The average molecular weight is 576 g/mol. The predicted octanol–water partition coefficient (Wildman–Crippen LogP) is 5.58. The minimum absolute atomic E-state index is 0.108. The van der Waals surface area contributed by atoms with Crippen LogP contribution in [-0.2, 0) is 9.59 Å². The molecule has 0 radical (unpaired) electrons. The van der Waals surface area contributed by atoms with Crippen molar-refractivity contribution in [3.63, 3.8) is 0 Å². The van der Waals surface area contributed by atoms with E-state index in [-0.39, 0.29) is 17.5 Å². The van der Waals surface area contributed by atoms with Gasteiger partial charge in [0, 0.05) is 26.3 Å². The van der Waals surface area contributed by atoms with Gasteiger partial charge in [0.2, 0.25) is 11.8 Å². The van der Waals surface area contributed by atoms with Crippen molar-refractivity contribution in [2.24, 2.45) is 11.8 Å². The number of rotatable bonds is 4. The molecule has 6 nitrogen and oxygen atoms in total. The second-order valence-corrected chi connectivity index (χ2v) is 10.8. The van der Waals surface area contributed by atoms with E-state index in [9.17, 15) is 19.2 Å². The number of Topliss-reactive ketones (excluding diaryl/α,β-unsaturated/α-hetero) is 2. The quantitative estimate of drug-likeness (QED) is 0.300. The zero-order chi connectivity index (χ0) is 26.0. The highest BCUT2D eigenvalue weighted by atomic mass is 79.9. The highest BCUT2D eigenvalue weighted by Crippen LogP contribution is 2.50. The van der Waals surface area contributed by atoms with Crippen LogP contribution in [0.2, 0.25) is 5.02 Å². The Kier molecular flexibility index (Phi) is 5.66. The van der Waals surface area contributed by atoms with Crippen molar-refractivity contribution >= 4 is 68.4 Å². The number of ketones is 2. The molecule has 0 spiro atoms. The summed E-state index contributed by atoms with van der Waals surface area (Å²) < 4.78 is 0.830. The number of imide groups is 1. The highest BCUT2D eigenvalue weighted by Gasteiger charge is 2.64. The molecule has 0 aliphatic carbocycles. The number of hydrogen-bond acceptors (Lipinski definition) is 5. The molecule has 184 valence electrons. The lowest BCUT2D eigenvalue weighted by Crippen LogP contribution is -2.48. The first-order valence-corrected chi connectivity index (χ1v) is 13.0. The lowest BCUT2D eigenvalue weighted by Gasteiger charge is -2.36. The van der Waals surface area contributed by atoms with Crippen molar-refractivity contribution in [1.82, 2.24) is 0 Å². The smallest absolute Gasteiger partial charge is 0.240 e. The Morgan fingerprint density at radius 2 is 1.51 bits per heavy atom. The summed E-state index contributed by atoms with van der Waals surface area (Å²) in [5.41, 5.74) is 2.92. The van der Waals surface area contributed by atoms with Crippen molar-refractivity contribution in [2.75, 3.05) is 9.80 Å². The second kappa shape index (κ2) is 8.78. The molecule has 0 N–H and O–H groups in total. The van der Waals surface area contributed by atoms with Crippen molar-refractivity contribution in [3.8, 4) is 0 Å². The number of carbonyl (C=O) groups is 4. The molecule has 0 saturated carbocycles. The van der Waals surface area contributed by atoms with Gasteiger partial charge in [0.1, 0.15) is 6.04 Å². The maximum Gasteiger partial charge on any atom is 0.240 e. The van der Waals surface area contributed by atoms with E-state index in [4.69, 9.17) is 11.6 Å². The van der Waals surface area contributed by atoms with Crippen LogP contribution in [-0.4, -0.2) is 35.5 Å². The summed E-state index contributed by atoms with van der Waals surface area (Å²) in [6.07, 6.45) is 3.81. The van der Waals surface area contributed by atoms with Crippen LogP contribution in [0.1, 0.15) is 33.2 Å². The molecule has 4 unspecified atom stereocenters. The van der Waals surface area contributed by atoms with E-state index >= 15 is 0 Å². The molecule has 3 aliphatic heterocycles. The largest absolute Gasteiger partial charge is 0.352 e. The van der Waals surface area contributed by atoms with Crippen LogP contribution in [0, 0.1) is 11.8 Å². The van der Waals surface area contributed by atoms with Crippen LogP contribution in [0.4, 0.5) is 11.4 Å². The van der Waals surface area contributed by atoms with Crippen molar-refractivity contribution in [1.29, 1.82) is 0 Å². The van der Waals surface area contributed by atoms with Crippen molar-refractivity contribution in [3.05, 3.63) is 99.0 Å². The first-order valence-electron chi connectivity index (χ1n) is 11.8. The minimum atomic E-state index is -0.892. The fraction of sp³-hybridized carbons (Fsp3) is 0.172. The number of carbonyl (C=O) groups excluding carboxylic acids is 4. The predicted molar refractivity (Wildman–Crippen MR) is 145 cm³/mol. The number of benzene rings is 3. The van der Waals surface area contributed by atoms with Gasteiger partial charge in [-0.3, -0.25) is 19.2 Å². The summed E-state index contributed by atoms with van der Waals surface area (Å²) in [6.45, 7) is 1.46. The average Bonchev–Trinajstić information content (AvgIpc) is 3.36. The highest BCUT2D eigenvalue weighted by molar-refractivity contribution is 9.10. The molecule has 2 amide bonds. The topological polar surface area (TPSA) is 74.8 Å². The number of halogens is 2. The summed E-state index contributed by atoms with van der Waals surface area (Å²) in [5, 5.41) is 0.504. The minimum Gasteiger partial charge on any atom is -0.352 e. The molecule has 4 atom stereocenters. The summed E-state index contributed by atoms with van der Waals surface area (Å²) in [6, 6.07) is 17.4. The number of hydrogen-bond donors (Lipinski definition) is 0. The Hall–Kier alpha value is -3.55. The Morgan fingerprint density at radius 1 is 0.865 bits per heavy atom. The summed E-state index contributed by atoms with van der Waals surface area (Å²) in [4.78, 5) is 56.6. The molecule has 8 heteroatoms. The van der Waals surface area contributed by atoms with E-state index in [1.54, 1.807) is 60.7 Å². The van der Waals surface area contributed by atoms with Gasteiger partial charge in [-0.2, -0.15) is 0 Å². The zero-order valence-electron chi connectivity index (χ0n) is 19.6. The lowest BCUT2D eigenvalue weighted by atomic mass is 9.86. The molecule has 3 aliphatic rings. The molecule has 3 heterocycles. The molecule has 3 aromatic carbocycles. The molecule has 2 saturated heterocycles. The molecular formula is C29H20BrClN2O4. The fourth-order valence-corrected chi connectivity index (χ4v) is 6.15. The third-order valence-electron chi connectivity index (χ3n) is 7.40. The molecule has 0 bridgehead atoms. The van der Waals surface area contributed by atoms with Gasteiger partial charge in [0.15, 0.2) is 11.6 Å². The Balaban J connectivity index is 1.47. The molecule has 3 aromatic rings. The van der Waals surface area contributed by atoms with E-state index in [1.807, 2.05) is 23.1 Å². The van der Waals surface area contributed by atoms with Gasteiger partial charge in [-0.1, -0.05) is 57.9 Å². The van der Waals surface area contributed by atoms with Crippen LogP contribution < -0.4 is 9.80 Å². The van der Waals surface area contributed by atoms with Crippen LogP contribution >= 0.6 is 27.5 Å². The maximum atomic E-state index is 14.0. The number of amides is 2. The third kappa shape index (κ3) is 3.68. The van der Waals surface area contributed by atoms with Crippen LogP contribution in [0.5, 0.6) is 0 Å². The van der Waals surface area contributed by atoms with Gasteiger partial charge in [-0.05, 0) is 61.0 Å². The van der Waals surface area contributed by atoms with Gasteiger partial charge in [0.25, 0.3) is 0 Å². The summed E-state index contributed by atoms with van der Waals surface area (Å²) >= 11 is 9.74. The lowest BCUT2D eigenvalue weighted by molar-refractivity contribution is -0.122. The Bertz CT molecular complexity index is 1520. The summed E-state index contributed by atoms with van der Waals surface area (Å²) in [7, 11) is 0. The number of nitrogens with zero attached hydrogens (tertiary/aromatic N) is 2. The second-order valence-electron chi connectivity index (χ2n) is 9.44. The van der Waals surface area contributed by atoms with Crippen LogP contribution in [0.15, 0.2) is 77.3 Å². The van der Waals surface area contributed by atoms with Crippen LogP contribution in [0.3, 0.4) is 0 Å². The van der Waals surface area contributed by atoms with E-state index in [0.29, 0.717) is 21.8 Å². The first-order chi connectivity index (χ1) is 17.8. The molecule has 37 heavy (non-hydrogen) atoms. The third-order valence-corrected chi connectivity index (χ3v) is 8.16. The van der Waals surface area contributed by atoms with Gasteiger partial charge in [-0.25, -0.2) is 4.90 Å². The Morgan fingerprint density at radius 3 is 2.19 bits per heavy atom. The Labute approximate surface area is 226 Å². The van der Waals surface area contributed by atoms with E-state index in [2.05, 4.69) is 15.9 Å².